The maximum Gasteiger partial charge on any atom is 0.282 e. The summed E-state index contributed by atoms with van der Waals surface area (Å²) in [7, 11) is 0. The number of pyridine rings is 2. The van der Waals surface area contributed by atoms with Crippen molar-refractivity contribution in [3.8, 4) is 0 Å². The standard InChI is InChI=1S/C30H31F3N10O2S2.FH/c31-19-13-42(14-19)22-4-6-34-20(9-22)11-24(44)36-28-40-38-26(46-28)17-2-1-3-18(8-17)27-39-41-29(47-27)37-25(45)12-21-10-23(5-7-35-21)43-15-30(32,33)16-43;/h4-7,9-10,17-19H,1-3,8,11-16H2,(H,36,40,44)(H,37,41,45);1H/t17-,18-;/m0./s1. The first-order valence-corrected chi connectivity index (χ1v) is 17.0. The fraction of sp³-hybridized carbons (Fsp3) is 0.467. The molecule has 2 amide bonds. The predicted octanol–water partition coefficient (Wildman–Crippen LogP) is 4.75. The monoisotopic (exact) mass is 704 g/mol. The summed E-state index contributed by atoms with van der Waals surface area (Å²) in [6.45, 7) is 0.0229. The number of aromatic nitrogens is 6. The number of carbonyl (C=O) groups excluding carboxylic acids is 2. The van der Waals surface area contributed by atoms with E-state index >= 15 is 0 Å². The predicted molar refractivity (Wildman–Crippen MR) is 174 cm³/mol. The van der Waals surface area contributed by atoms with Crippen molar-refractivity contribution in [1.29, 1.82) is 0 Å². The molecule has 0 spiro atoms. The number of amides is 2. The number of alkyl halides is 3. The molecular formula is C30H32F4N10O2S2. The summed E-state index contributed by atoms with van der Waals surface area (Å²) in [6.07, 6.45) is 6.01. The third-order valence-corrected chi connectivity index (χ3v) is 10.4. The molecule has 254 valence electrons. The van der Waals surface area contributed by atoms with Crippen LogP contribution in [0.2, 0.25) is 0 Å². The number of nitrogens with one attached hydrogen (secondary N) is 2. The Labute approximate surface area is 280 Å². The third kappa shape index (κ3) is 7.86. The molecular weight excluding hydrogens is 673 g/mol. The lowest BCUT2D eigenvalue weighted by Gasteiger charge is -2.40. The first kappa shape index (κ1) is 33.6. The fourth-order valence-corrected chi connectivity index (χ4v) is 7.86. The first-order valence-electron chi connectivity index (χ1n) is 15.3. The highest BCUT2D eigenvalue weighted by Gasteiger charge is 2.44. The van der Waals surface area contributed by atoms with Crippen LogP contribution >= 0.6 is 22.7 Å². The summed E-state index contributed by atoms with van der Waals surface area (Å²) < 4.78 is 39.8. The minimum absolute atomic E-state index is 0. The molecule has 0 aromatic carbocycles. The van der Waals surface area contributed by atoms with Crippen molar-refractivity contribution in [1.82, 2.24) is 30.4 Å². The van der Waals surface area contributed by atoms with Crippen LogP contribution in [0.5, 0.6) is 0 Å². The zero-order valence-corrected chi connectivity index (χ0v) is 27.2. The Balaban J connectivity index is 0.00000401. The average molecular weight is 705 g/mol. The van der Waals surface area contributed by atoms with Gasteiger partial charge in [-0.15, -0.1) is 20.4 Å². The Morgan fingerprint density at radius 2 is 1.31 bits per heavy atom. The second kappa shape index (κ2) is 14.0. The number of hydrogen-bond donors (Lipinski definition) is 2. The van der Waals surface area contributed by atoms with Gasteiger partial charge in [-0.25, -0.2) is 13.2 Å². The molecule has 3 aliphatic rings. The quantitative estimate of drug-likeness (QED) is 0.222. The molecule has 4 aromatic rings. The molecule has 12 nitrogen and oxygen atoms in total. The molecule has 4 aromatic heterocycles. The summed E-state index contributed by atoms with van der Waals surface area (Å²) in [5.41, 5.74) is 2.54. The van der Waals surface area contributed by atoms with Gasteiger partial charge in [-0.2, -0.15) is 0 Å². The van der Waals surface area contributed by atoms with Crippen molar-refractivity contribution in [2.24, 2.45) is 0 Å². The van der Waals surface area contributed by atoms with E-state index in [0.717, 1.165) is 41.4 Å². The molecule has 7 rings (SSSR count). The molecule has 0 radical (unpaired) electrons. The molecule has 48 heavy (non-hydrogen) atoms. The molecule has 6 heterocycles. The lowest BCUT2D eigenvalue weighted by molar-refractivity contribution is -0.116. The molecule has 1 aliphatic carbocycles. The molecule has 2 aliphatic heterocycles. The Kier molecular flexibility index (Phi) is 9.82. The summed E-state index contributed by atoms with van der Waals surface area (Å²) in [5.74, 6) is -2.96. The minimum Gasteiger partial charge on any atom is -0.365 e. The largest absolute Gasteiger partial charge is 0.365 e. The van der Waals surface area contributed by atoms with Crippen LogP contribution in [0.4, 0.5) is 39.5 Å². The van der Waals surface area contributed by atoms with Crippen LogP contribution in [0.3, 0.4) is 0 Å². The van der Waals surface area contributed by atoms with Crippen molar-refractivity contribution in [3.05, 3.63) is 58.1 Å². The topological polar surface area (TPSA) is 142 Å². The molecule has 3 fully saturated rings. The van der Waals surface area contributed by atoms with E-state index in [1.165, 1.54) is 28.9 Å². The van der Waals surface area contributed by atoms with Crippen molar-refractivity contribution in [2.45, 2.75) is 62.5 Å². The van der Waals surface area contributed by atoms with E-state index in [0.29, 0.717) is 40.4 Å². The van der Waals surface area contributed by atoms with Gasteiger partial charge in [0.05, 0.1) is 50.4 Å². The maximum atomic E-state index is 13.3. The highest BCUT2D eigenvalue weighted by atomic mass is 32.1. The van der Waals surface area contributed by atoms with Crippen LogP contribution in [0.25, 0.3) is 0 Å². The highest BCUT2D eigenvalue weighted by Crippen LogP contribution is 2.43. The van der Waals surface area contributed by atoms with Gasteiger partial charge in [-0.1, -0.05) is 29.1 Å². The van der Waals surface area contributed by atoms with Crippen LogP contribution in [0.15, 0.2) is 36.7 Å². The fourth-order valence-electron chi connectivity index (χ4n) is 6.04. The molecule has 2 saturated heterocycles. The second-order valence-electron chi connectivity index (χ2n) is 12.1. The number of hydrogen-bond acceptors (Lipinski definition) is 12. The zero-order valence-electron chi connectivity index (χ0n) is 25.5. The van der Waals surface area contributed by atoms with Gasteiger partial charge >= 0.3 is 0 Å². The third-order valence-electron chi connectivity index (χ3n) is 8.44. The summed E-state index contributed by atoms with van der Waals surface area (Å²) >= 11 is 2.69. The molecule has 2 atom stereocenters. The van der Waals surface area contributed by atoms with E-state index in [2.05, 4.69) is 41.0 Å². The maximum absolute atomic E-state index is 13.3. The van der Waals surface area contributed by atoms with Crippen LogP contribution in [-0.4, -0.2) is 80.5 Å². The first-order chi connectivity index (χ1) is 22.7. The van der Waals surface area contributed by atoms with Crippen molar-refractivity contribution >= 4 is 56.1 Å². The Bertz CT molecular complexity index is 1760. The van der Waals surface area contributed by atoms with Crippen LogP contribution in [0, 0.1) is 0 Å². The van der Waals surface area contributed by atoms with Crippen molar-refractivity contribution in [2.75, 3.05) is 46.6 Å². The van der Waals surface area contributed by atoms with E-state index in [1.807, 2.05) is 11.0 Å². The van der Waals surface area contributed by atoms with Gasteiger partial charge in [0.1, 0.15) is 16.2 Å². The van der Waals surface area contributed by atoms with Gasteiger partial charge in [0.25, 0.3) is 5.92 Å². The summed E-state index contributed by atoms with van der Waals surface area (Å²) in [4.78, 5) is 37.4. The van der Waals surface area contributed by atoms with Gasteiger partial charge in [-0.3, -0.25) is 24.3 Å². The zero-order chi connectivity index (χ0) is 32.5. The van der Waals surface area contributed by atoms with E-state index in [4.69, 9.17) is 0 Å². The SMILES string of the molecule is F.O=C(Cc1cc(N2CC(F)C2)ccn1)Nc1nnc([C@H]2CCC[C@H](c3nnc(NC(=O)Cc4cc(N5CC(F)(F)C5)ccn4)s3)C2)s1. The normalized spacial score (nSPS) is 20.3. The molecule has 0 unspecified atom stereocenters. The molecule has 2 N–H and O–H groups in total. The summed E-state index contributed by atoms with van der Waals surface area (Å²) in [5, 5.41) is 25.2. The Morgan fingerprint density at radius 1 is 0.812 bits per heavy atom. The smallest absolute Gasteiger partial charge is 0.282 e. The second-order valence-corrected chi connectivity index (χ2v) is 14.1. The van der Waals surface area contributed by atoms with E-state index in [-0.39, 0.29) is 54.3 Å². The molecule has 1 saturated carbocycles. The molecule has 18 heteroatoms. The Morgan fingerprint density at radius 3 is 1.79 bits per heavy atom. The van der Waals surface area contributed by atoms with Gasteiger partial charge in [0, 0.05) is 35.6 Å². The minimum atomic E-state index is -2.68. The average Bonchev–Trinajstić information content (AvgIpc) is 3.68. The van der Waals surface area contributed by atoms with Crippen LogP contribution in [0.1, 0.15) is 58.9 Å². The van der Waals surface area contributed by atoms with E-state index < -0.39 is 12.1 Å². The van der Waals surface area contributed by atoms with E-state index in [9.17, 15) is 22.8 Å². The van der Waals surface area contributed by atoms with Crippen molar-refractivity contribution in [3.63, 3.8) is 0 Å². The number of halogens is 4. The van der Waals surface area contributed by atoms with Gasteiger partial charge in [0.15, 0.2) is 0 Å². The molecule has 0 bridgehead atoms. The summed E-state index contributed by atoms with van der Waals surface area (Å²) in [6, 6.07) is 6.92. The van der Waals surface area contributed by atoms with Gasteiger partial charge in [-0.05, 0) is 43.5 Å². The highest BCUT2D eigenvalue weighted by molar-refractivity contribution is 7.15. The van der Waals surface area contributed by atoms with Crippen LogP contribution < -0.4 is 20.4 Å². The number of anilines is 4. The Hall–Kier alpha value is -4.32. The van der Waals surface area contributed by atoms with Crippen molar-refractivity contribution < 1.29 is 27.5 Å². The van der Waals surface area contributed by atoms with Gasteiger partial charge < -0.3 is 20.4 Å². The number of rotatable bonds is 10. The van der Waals surface area contributed by atoms with Crippen LogP contribution in [-0.2, 0) is 22.4 Å². The number of nitrogens with zero attached hydrogens (tertiary/aromatic N) is 8. The van der Waals surface area contributed by atoms with E-state index in [1.54, 1.807) is 29.3 Å². The lowest BCUT2D eigenvalue weighted by Crippen LogP contribution is -2.56. The number of carbonyl (C=O) groups is 2. The van der Waals surface area contributed by atoms with Gasteiger partial charge in [0.2, 0.25) is 22.1 Å². The lowest BCUT2D eigenvalue weighted by atomic mass is 9.82.